The van der Waals surface area contributed by atoms with E-state index in [0.29, 0.717) is 0 Å². The number of ether oxygens (including phenoxy) is 1. The van der Waals surface area contributed by atoms with Crippen LogP contribution in [0.5, 0.6) is 0 Å². The van der Waals surface area contributed by atoms with Crippen molar-refractivity contribution in [3.8, 4) is 0 Å². The number of hydrogen-bond acceptors (Lipinski definition) is 3. The second kappa shape index (κ2) is 4.67. The molecule has 1 N–H and O–H groups in total. The molecule has 2 aromatic rings. The molecule has 3 rings (SSSR count). The lowest BCUT2D eigenvalue weighted by Crippen LogP contribution is -2.31. The van der Waals surface area contributed by atoms with Gasteiger partial charge in [0.15, 0.2) is 5.76 Å². The topological polar surface area (TPSA) is 21.3 Å². The number of nitrogens with one attached hydrogen (secondary N) is 1. The fourth-order valence-electron chi connectivity index (χ4n) is 2.16. The molecule has 0 radical (unpaired) electrons. The lowest BCUT2D eigenvalue weighted by molar-refractivity contribution is 0.158. The fraction of sp³-hybridized carbons (Fsp3) is 0.125. The molecule has 96 valence electrons. The van der Waals surface area contributed by atoms with Crippen LogP contribution in [-0.2, 0) is 4.74 Å². The summed E-state index contributed by atoms with van der Waals surface area (Å²) in [6, 6.07) is 20.2. The number of hydrogen-bond donors (Lipinski definition) is 2. The Morgan fingerprint density at radius 3 is 2.00 bits per heavy atom. The van der Waals surface area contributed by atoms with Crippen molar-refractivity contribution in [1.29, 1.82) is 0 Å². The lowest BCUT2D eigenvalue weighted by Gasteiger charge is -2.19. The van der Waals surface area contributed by atoms with Crippen LogP contribution in [0, 0.1) is 0 Å². The van der Waals surface area contributed by atoms with Crippen molar-refractivity contribution >= 4 is 24.1 Å². The first-order valence-electron chi connectivity index (χ1n) is 6.20. The fourth-order valence-corrected chi connectivity index (χ4v) is 2.37. The van der Waals surface area contributed by atoms with Gasteiger partial charge in [-0.2, -0.15) is 0 Å². The molecule has 2 aromatic carbocycles. The summed E-state index contributed by atoms with van der Waals surface area (Å²) in [6.45, 7) is 1.90. The van der Waals surface area contributed by atoms with E-state index in [1.54, 1.807) is 0 Å². The van der Waals surface area contributed by atoms with Crippen molar-refractivity contribution < 1.29 is 4.74 Å². The zero-order valence-corrected chi connectivity index (χ0v) is 11.5. The summed E-state index contributed by atoms with van der Waals surface area (Å²) >= 11 is 4.49. The van der Waals surface area contributed by atoms with Gasteiger partial charge < -0.3 is 10.1 Å². The van der Waals surface area contributed by atoms with Gasteiger partial charge in [0, 0.05) is 18.1 Å². The van der Waals surface area contributed by atoms with Gasteiger partial charge in [-0.1, -0.05) is 60.7 Å². The highest BCUT2D eigenvalue weighted by Crippen LogP contribution is 2.37. The van der Waals surface area contributed by atoms with Gasteiger partial charge >= 0.3 is 0 Å². The molecular weight excluding hydrogens is 254 g/mol. The molecule has 0 aliphatic carbocycles. The predicted molar refractivity (Wildman–Crippen MR) is 81.3 cm³/mol. The average molecular weight is 269 g/mol. The van der Waals surface area contributed by atoms with E-state index in [1.807, 2.05) is 55.5 Å². The quantitative estimate of drug-likeness (QED) is 0.811. The summed E-state index contributed by atoms with van der Waals surface area (Å²) in [7, 11) is 0. The standard InChI is InChI=1S/C16H15NOS/c1-16(19)17-14(12-8-4-2-5-9-12)15(18-16)13-10-6-3-7-11-13/h2-11,17,19H,1H3. The van der Waals surface area contributed by atoms with Crippen molar-refractivity contribution in [2.75, 3.05) is 0 Å². The Hall–Kier alpha value is -1.87. The van der Waals surface area contributed by atoms with Crippen molar-refractivity contribution in [1.82, 2.24) is 5.32 Å². The number of thiol groups is 1. The Morgan fingerprint density at radius 2 is 1.42 bits per heavy atom. The molecule has 0 saturated carbocycles. The third-order valence-electron chi connectivity index (χ3n) is 2.98. The Kier molecular flexibility index (Phi) is 2.99. The summed E-state index contributed by atoms with van der Waals surface area (Å²) in [6.07, 6.45) is 0. The van der Waals surface area contributed by atoms with Crippen LogP contribution in [0.1, 0.15) is 18.1 Å². The van der Waals surface area contributed by atoms with E-state index < -0.39 is 5.06 Å². The molecule has 0 fully saturated rings. The van der Waals surface area contributed by atoms with Crippen LogP contribution in [0.15, 0.2) is 60.7 Å². The first kappa shape index (κ1) is 12.2. The second-order valence-corrected chi connectivity index (χ2v) is 5.50. The van der Waals surface area contributed by atoms with E-state index in [4.69, 9.17) is 4.74 Å². The van der Waals surface area contributed by atoms with Gasteiger partial charge in [-0.15, -0.1) is 12.6 Å². The van der Waals surface area contributed by atoms with E-state index >= 15 is 0 Å². The van der Waals surface area contributed by atoms with E-state index in [1.165, 1.54) is 0 Å². The van der Waals surface area contributed by atoms with Crippen LogP contribution >= 0.6 is 12.6 Å². The molecule has 2 nitrogen and oxygen atoms in total. The van der Waals surface area contributed by atoms with Crippen LogP contribution in [0.4, 0.5) is 0 Å². The molecule has 1 aliphatic rings. The van der Waals surface area contributed by atoms with Gasteiger partial charge in [-0.05, 0) is 0 Å². The largest absolute Gasteiger partial charge is 0.457 e. The van der Waals surface area contributed by atoms with Crippen molar-refractivity contribution in [2.24, 2.45) is 0 Å². The third kappa shape index (κ3) is 2.47. The maximum Gasteiger partial charge on any atom is 0.223 e. The molecule has 1 unspecified atom stereocenters. The molecule has 1 heterocycles. The van der Waals surface area contributed by atoms with E-state index in [9.17, 15) is 0 Å². The minimum absolute atomic E-state index is 0.684. The van der Waals surface area contributed by atoms with Gasteiger partial charge in [0.2, 0.25) is 5.06 Å². The van der Waals surface area contributed by atoms with Gasteiger partial charge in [0.1, 0.15) is 0 Å². The van der Waals surface area contributed by atoms with Crippen LogP contribution in [0.25, 0.3) is 11.5 Å². The second-order valence-electron chi connectivity index (χ2n) is 4.65. The molecule has 1 aliphatic heterocycles. The van der Waals surface area contributed by atoms with E-state index in [-0.39, 0.29) is 0 Å². The summed E-state index contributed by atoms with van der Waals surface area (Å²) in [5.74, 6) is 0.837. The number of benzene rings is 2. The first-order valence-corrected chi connectivity index (χ1v) is 6.65. The summed E-state index contributed by atoms with van der Waals surface area (Å²) in [5, 5.41) is 2.63. The summed E-state index contributed by atoms with van der Waals surface area (Å²) < 4.78 is 5.93. The van der Waals surface area contributed by atoms with E-state index in [2.05, 4.69) is 30.1 Å². The molecule has 1 atom stereocenters. The predicted octanol–water partition coefficient (Wildman–Crippen LogP) is 3.74. The highest BCUT2D eigenvalue weighted by Gasteiger charge is 2.33. The molecule has 19 heavy (non-hydrogen) atoms. The zero-order valence-electron chi connectivity index (χ0n) is 10.6. The molecule has 0 spiro atoms. The summed E-state index contributed by atoms with van der Waals surface area (Å²) in [4.78, 5) is 0. The Labute approximate surface area is 118 Å². The third-order valence-corrected chi connectivity index (χ3v) is 3.19. The van der Waals surface area contributed by atoms with Crippen LogP contribution in [0.2, 0.25) is 0 Å². The Balaban J connectivity index is 2.11. The molecule has 0 saturated heterocycles. The van der Waals surface area contributed by atoms with Gasteiger partial charge in [0.05, 0.1) is 5.70 Å². The van der Waals surface area contributed by atoms with Crippen LogP contribution < -0.4 is 5.32 Å². The highest BCUT2D eigenvalue weighted by molar-refractivity contribution is 7.81. The van der Waals surface area contributed by atoms with Crippen LogP contribution in [-0.4, -0.2) is 5.06 Å². The maximum atomic E-state index is 5.93. The molecule has 0 amide bonds. The lowest BCUT2D eigenvalue weighted by atomic mass is 10.1. The van der Waals surface area contributed by atoms with Gasteiger partial charge in [0.25, 0.3) is 0 Å². The number of rotatable bonds is 2. The van der Waals surface area contributed by atoms with E-state index in [0.717, 1.165) is 22.6 Å². The average Bonchev–Trinajstić information content (AvgIpc) is 2.77. The zero-order chi connectivity index (χ0) is 13.3. The van der Waals surface area contributed by atoms with Gasteiger partial charge in [-0.3, -0.25) is 0 Å². The molecular formula is C16H15NOS. The minimum Gasteiger partial charge on any atom is -0.457 e. The van der Waals surface area contributed by atoms with Gasteiger partial charge in [-0.25, -0.2) is 0 Å². The molecule has 3 heteroatoms. The molecule has 0 aromatic heterocycles. The highest BCUT2D eigenvalue weighted by atomic mass is 32.1. The Morgan fingerprint density at radius 1 is 0.895 bits per heavy atom. The monoisotopic (exact) mass is 269 g/mol. The smallest absolute Gasteiger partial charge is 0.223 e. The van der Waals surface area contributed by atoms with Crippen molar-refractivity contribution in [3.05, 3.63) is 71.8 Å². The SMILES string of the molecule is CC1(S)NC(c2ccccc2)=C(c2ccccc2)O1. The Bertz CT molecular complexity index is 552. The van der Waals surface area contributed by atoms with Crippen molar-refractivity contribution in [3.63, 3.8) is 0 Å². The van der Waals surface area contributed by atoms with Crippen LogP contribution in [0.3, 0.4) is 0 Å². The first-order chi connectivity index (χ1) is 9.16. The maximum absolute atomic E-state index is 5.93. The molecule has 0 bridgehead atoms. The normalized spacial score (nSPS) is 22.0. The van der Waals surface area contributed by atoms with Crippen molar-refractivity contribution in [2.45, 2.75) is 12.0 Å². The minimum atomic E-state index is -0.684. The summed E-state index contributed by atoms with van der Waals surface area (Å²) in [5.41, 5.74) is 3.12.